The number of amides is 2. The predicted octanol–water partition coefficient (Wildman–Crippen LogP) is 2.52. The van der Waals surface area contributed by atoms with E-state index in [9.17, 15) is 9.59 Å². The van der Waals surface area contributed by atoms with Crippen molar-refractivity contribution in [2.24, 2.45) is 0 Å². The van der Waals surface area contributed by atoms with Crippen LogP contribution in [0.15, 0.2) is 30.3 Å². The largest absolute Gasteiger partial charge is 0.438 e. The molecule has 0 aliphatic heterocycles. The van der Waals surface area contributed by atoms with Gasteiger partial charge < -0.3 is 20.0 Å². The minimum Gasteiger partial charge on any atom is -0.438 e. The monoisotopic (exact) mass is 352 g/mol. The summed E-state index contributed by atoms with van der Waals surface area (Å²) in [6, 6.07) is 8.65. The van der Waals surface area contributed by atoms with Gasteiger partial charge in [0, 0.05) is 11.3 Å². The summed E-state index contributed by atoms with van der Waals surface area (Å²) >= 11 is 10.1. The number of carbonyl (C=O) groups excluding carboxylic acids is 2. The summed E-state index contributed by atoms with van der Waals surface area (Å²) in [5.74, 6) is -0.552. The molecule has 1 aromatic carbocycles. The number of H-pyrrole nitrogens is 2. The Bertz CT molecular complexity index is 818. The van der Waals surface area contributed by atoms with E-state index in [4.69, 9.17) is 29.6 Å². The lowest BCUT2D eigenvalue weighted by atomic mass is 10.1. The molecular weight excluding hydrogens is 340 g/mol. The van der Waals surface area contributed by atoms with Crippen LogP contribution in [0.4, 0.5) is 10.5 Å². The van der Waals surface area contributed by atoms with Crippen LogP contribution >= 0.6 is 24.4 Å². The first kappa shape index (κ1) is 16.8. The van der Waals surface area contributed by atoms with Gasteiger partial charge in [0.1, 0.15) is 4.64 Å². The minimum atomic E-state index is -1.11. The minimum absolute atomic E-state index is 0.394. The molecule has 0 bridgehead atoms. The van der Waals surface area contributed by atoms with Gasteiger partial charge in [0.15, 0.2) is 11.4 Å². The summed E-state index contributed by atoms with van der Waals surface area (Å²) in [4.78, 5) is 28.1. The van der Waals surface area contributed by atoms with Crippen LogP contribution < -0.4 is 10.8 Å². The Labute approximate surface area is 140 Å². The maximum absolute atomic E-state index is 11.6. The normalized spacial score (nSPS) is 9.96. The van der Waals surface area contributed by atoms with Crippen molar-refractivity contribution < 1.29 is 19.5 Å². The van der Waals surface area contributed by atoms with Crippen LogP contribution in [0.5, 0.6) is 0 Å². The zero-order chi connectivity index (χ0) is 16.8. The lowest BCUT2D eigenvalue weighted by molar-refractivity contribution is -0.119. The van der Waals surface area contributed by atoms with Gasteiger partial charge in [-0.3, -0.25) is 10.0 Å². The Morgan fingerprint density at radius 2 is 2.00 bits per heavy atom. The van der Waals surface area contributed by atoms with E-state index in [2.05, 4.69) is 20.0 Å². The van der Waals surface area contributed by atoms with E-state index >= 15 is 0 Å². The van der Waals surface area contributed by atoms with E-state index < -0.39 is 18.6 Å². The molecule has 1 aromatic heterocycles. The number of nitrogens with one attached hydrogen (secondary N) is 4. The van der Waals surface area contributed by atoms with E-state index in [1.807, 2.05) is 6.07 Å². The summed E-state index contributed by atoms with van der Waals surface area (Å²) in [5.41, 5.74) is 3.22. The van der Waals surface area contributed by atoms with Crippen LogP contribution in [0.1, 0.15) is 0 Å². The number of ether oxygens (including phenoxy) is 1. The molecule has 5 N–H and O–H groups in total. The summed E-state index contributed by atoms with van der Waals surface area (Å²) in [7, 11) is 0. The maximum atomic E-state index is 11.6. The van der Waals surface area contributed by atoms with Gasteiger partial charge in [0.05, 0.1) is 5.69 Å². The van der Waals surface area contributed by atoms with Crippen molar-refractivity contribution in [3.05, 3.63) is 39.7 Å². The van der Waals surface area contributed by atoms with Crippen molar-refractivity contribution >= 4 is 42.1 Å². The number of aromatic amines is 2. The number of benzene rings is 1. The molecule has 23 heavy (non-hydrogen) atoms. The highest BCUT2D eigenvalue weighted by atomic mass is 32.1. The summed E-state index contributed by atoms with van der Waals surface area (Å²) in [6.07, 6.45) is -1.11. The third kappa shape index (κ3) is 4.98. The second-order valence-electron chi connectivity index (χ2n) is 4.32. The molecule has 0 fully saturated rings. The van der Waals surface area contributed by atoms with Gasteiger partial charge in [-0.2, -0.15) is 0 Å². The zero-order valence-corrected chi connectivity index (χ0v) is 13.2. The summed E-state index contributed by atoms with van der Waals surface area (Å²) < 4.78 is 5.30. The molecule has 0 radical (unpaired) electrons. The fourth-order valence-corrected chi connectivity index (χ4v) is 2.25. The number of anilines is 1. The Balaban J connectivity index is 2.13. The highest BCUT2D eigenvalue weighted by Crippen LogP contribution is 2.20. The third-order valence-electron chi connectivity index (χ3n) is 2.64. The molecule has 0 unspecified atom stereocenters. The molecule has 0 aliphatic carbocycles. The molecule has 2 rings (SSSR count). The van der Waals surface area contributed by atoms with Crippen LogP contribution in [0.3, 0.4) is 0 Å². The number of rotatable bonds is 4. The molecule has 0 spiro atoms. The Morgan fingerprint density at radius 1 is 1.22 bits per heavy atom. The smallest absolute Gasteiger partial charge is 0.431 e. The van der Waals surface area contributed by atoms with E-state index in [0.717, 1.165) is 5.56 Å². The number of hydroxylamine groups is 1. The van der Waals surface area contributed by atoms with Crippen LogP contribution in [0.2, 0.25) is 0 Å². The molecule has 8 nitrogen and oxygen atoms in total. The third-order valence-corrected chi connectivity index (χ3v) is 3.07. The van der Waals surface area contributed by atoms with Gasteiger partial charge >= 0.3 is 6.09 Å². The molecule has 0 saturated carbocycles. The quantitative estimate of drug-likeness (QED) is 0.328. The first-order chi connectivity index (χ1) is 11.0. The molecule has 2 amide bonds. The predicted molar refractivity (Wildman–Crippen MR) is 87.1 cm³/mol. The van der Waals surface area contributed by atoms with Crippen molar-refractivity contribution in [1.29, 1.82) is 0 Å². The van der Waals surface area contributed by atoms with Gasteiger partial charge in [-0.15, -0.1) is 0 Å². The molecule has 10 heteroatoms. The van der Waals surface area contributed by atoms with Crippen molar-refractivity contribution in [1.82, 2.24) is 15.4 Å². The SMILES string of the molecule is O=C(COC(=O)NO)Nc1cccc(-c2cc(=S)[nH]c(=S)[nH]2)c1. The molecule has 0 saturated heterocycles. The summed E-state index contributed by atoms with van der Waals surface area (Å²) in [6.45, 7) is -0.532. The molecular formula is C13H12N4O4S2. The van der Waals surface area contributed by atoms with Crippen LogP contribution in [-0.2, 0) is 9.53 Å². The van der Waals surface area contributed by atoms with Crippen molar-refractivity contribution in [2.45, 2.75) is 0 Å². The van der Waals surface area contributed by atoms with Gasteiger partial charge in [0.25, 0.3) is 5.91 Å². The first-order valence-electron chi connectivity index (χ1n) is 6.29. The fourth-order valence-electron chi connectivity index (χ4n) is 1.75. The van der Waals surface area contributed by atoms with Gasteiger partial charge in [-0.25, -0.2) is 10.3 Å². The van der Waals surface area contributed by atoms with Gasteiger partial charge in [0.2, 0.25) is 0 Å². The van der Waals surface area contributed by atoms with Crippen molar-refractivity contribution in [3.63, 3.8) is 0 Å². The van der Waals surface area contributed by atoms with Crippen molar-refractivity contribution in [3.8, 4) is 11.3 Å². The number of hydrogen-bond donors (Lipinski definition) is 5. The average Bonchev–Trinajstić information content (AvgIpc) is 2.52. The number of aromatic nitrogens is 2. The van der Waals surface area contributed by atoms with Gasteiger partial charge in [-0.05, 0) is 30.4 Å². The average molecular weight is 352 g/mol. The van der Waals surface area contributed by atoms with Crippen LogP contribution in [0.25, 0.3) is 11.3 Å². The van der Waals surface area contributed by atoms with Crippen molar-refractivity contribution in [2.75, 3.05) is 11.9 Å². The molecule has 1 heterocycles. The van der Waals surface area contributed by atoms with Crippen LogP contribution in [0, 0.1) is 9.41 Å². The highest BCUT2D eigenvalue weighted by molar-refractivity contribution is 7.72. The lowest BCUT2D eigenvalue weighted by Gasteiger charge is -2.08. The summed E-state index contributed by atoms with van der Waals surface area (Å²) in [5, 5.41) is 10.8. The van der Waals surface area contributed by atoms with E-state index in [1.54, 1.807) is 24.3 Å². The lowest BCUT2D eigenvalue weighted by Crippen LogP contribution is -2.26. The second kappa shape index (κ2) is 7.63. The molecule has 120 valence electrons. The first-order valence-corrected chi connectivity index (χ1v) is 7.10. The number of carbonyl (C=O) groups is 2. The van der Waals surface area contributed by atoms with Gasteiger partial charge in [-0.1, -0.05) is 24.4 Å². The fraction of sp³-hybridized carbons (Fsp3) is 0.0769. The zero-order valence-electron chi connectivity index (χ0n) is 11.6. The topological polar surface area (TPSA) is 119 Å². The maximum Gasteiger partial charge on any atom is 0.431 e. The Hall–Kier alpha value is -2.56. The Kier molecular flexibility index (Phi) is 5.57. The van der Waals surface area contributed by atoms with E-state index in [0.29, 0.717) is 20.8 Å². The highest BCUT2D eigenvalue weighted by Gasteiger charge is 2.07. The number of hydrogen-bond acceptors (Lipinski definition) is 6. The standard InChI is InChI=1S/C13H12N4O4S2/c18-10(6-21-13(19)17-20)14-8-3-1-2-7(4-8)9-5-11(22)16-12(23)15-9/h1-5,20H,6H2,(H,14,18)(H,17,19)(H2,15,16,22,23). The van der Waals surface area contributed by atoms with Crippen LogP contribution in [-0.4, -0.2) is 33.8 Å². The Morgan fingerprint density at radius 3 is 2.70 bits per heavy atom. The molecule has 0 aliphatic rings. The van der Waals surface area contributed by atoms with E-state index in [1.165, 1.54) is 5.48 Å². The second-order valence-corrected chi connectivity index (χ2v) is 5.17. The molecule has 0 atom stereocenters. The van der Waals surface area contributed by atoms with E-state index in [-0.39, 0.29) is 0 Å². The molecule has 2 aromatic rings.